The molecule has 0 atom stereocenters. The molecule has 0 radical (unpaired) electrons. The molecule has 0 aliphatic rings. The van der Waals surface area contributed by atoms with Gasteiger partial charge >= 0.3 is 12.7 Å². The Morgan fingerprint density at radius 2 is 1.67 bits per heavy atom. The number of hydrogen-bond acceptors (Lipinski definition) is 3. The average molecular weight is 193 g/mol. The van der Waals surface area contributed by atoms with E-state index in [1.165, 1.54) is 0 Å². The number of alkyl halides is 5. The highest BCUT2D eigenvalue weighted by Crippen LogP contribution is 2.28. The van der Waals surface area contributed by atoms with Crippen molar-refractivity contribution in [1.82, 2.24) is 0 Å². The monoisotopic (exact) mass is 193 g/mol. The van der Waals surface area contributed by atoms with Gasteiger partial charge in [0.05, 0.1) is 0 Å². The van der Waals surface area contributed by atoms with Crippen LogP contribution in [0.5, 0.6) is 0 Å². The average Bonchev–Trinajstić information content (AvgIpc) is 1.78. The van der Waals surface area contributed by atoms with Gasteiger partial charge in [0.1, 0.15) is 5.28 Å². The summed E-state index contributed by atoms with van der Waals surface area (Å²) in [6.45, 7) is 0. The van der Waals surface area contributed by atoms with Gasteiger partial charge in [-0.25, -0.2) is 0 Å². The molecule has 0 fully saturated rings. The molecule has 0 bridgehead atoms. The molecule has 10 heteroatoms. The Morgan fingerprint density at radius 1 is 1.17 bits per heavy atom. The highest BCUT2D eigenvalue weighted by molar-refractivity contribution is 4.36. The van der Waals surface area contributed by atoms with E-state index in [9.17, 15) is 22.0 Å². The molecule has 0 amide bonds. The van der Waals surface area contributed by atoms with Crippen LogP contribution >= 0.6 is 0 Å². The number of rotatable bonds is 3. The summed E-state index contributed by atoms with van der Waals surface area (Å²) in [5.41, 5.74) is 7.39. The Balaban J connectivity index is 4.12. The zero-order valence-corrected chi connectivity index (χ0v) is 5.05. The second kappa shape index (κ2) is 3.41. The van der Waals surface area contributed by atoms with Crippen LogP contribution in [0.2, 0.25) is 0 Å². The third-order valence-electron chi connectivity index (χ3n) is 0.418. The van der Waals surface area contributed by atoms with Crippen molar-refractivity contribution in [3.63, 3.8) is 0 Å². The van der Waals surface area contributed by atoms with Crippen LogP contribution in [0, 0.1) is 0 Å². The molecule has 0 aromatic heterocycles. The van der Waals surface area contributed by atoms with Gasteiger partial charge in [-0.1, -0.05) is 0 Å². The second-order valence-electron chi connectivity index (χ2n) is 1.27. The van der Waals surface area contributed by atoms with Crippen LogP contribution in [0.1, 0.15) is 0 Å². The Kier molecular flexibility index (Phi) is 3.05. The van der Waals surface area contributed by atoms with E-state index in [1.807, 2.05) is 0 Å². The minimum atomic E-state index is -5.57. The van der Waals surface area contributed by atoms with E-state index in [0.29, 0.717) is 0 Å². The fraction of sp³-hybridized carbons (Fsp3) is 1.00. The molecule has 0 unspecified atom stereocenters. The maximum absolute atomic E-state index is 11.7. The Labute approximate surface area is 61.2 Å². The van der Waals surface area contributed by atoms with Crippen molar-refractivity contribution >= 4 is 0 Å². The van der Waals surface area contributed by atoms with E-state index >= 15 is 0 Å². The maximum Gasteiger partial charge on any atom is 0.548 e. The summed E-state index contributed by atoms with van der Waals surface area (Å²) < 4.78 is 58.6. The van der Waals surface area contributed by atoms with Gasteiger partial charge in [0.2, 0.25) is 0 Å². The normalized spacial score (nSPS) is 12.1. The SMILES string of the molecule is [N-]=[N+]=NOC(F)(F)OC(F)(F)F. The highest BCUT2D eigenvalue weighted by atomic mass is 19.4. The third-order valence-corrected chi connectivity index (χ3v) is 0.418. The van der Waals surface area contributed by atoms with Crippen molar-refractivity contribution in [3.8, 4) is 0 Å². The first kappa shape index (κ1) is 10.7. The summed E-state index contributed by atoms with van der Waals surface area (Å²) in [4.78, 5) is 4.31. The van der Waals surface area contributed by atoms with Gasteiger partial charge in [-0.15, -0.1) is 22.0 Å². The Morgan fingerprint density at radius 3 is 2.00 bits per heavy atom. The summed E-state index contributed by atoms with van der Waals surface area (Å²) in [6, 6.07) is 0. The number of hydrogen-bond donors (Lipinski definition) is 0. The number of azide groups is 1. The molecule has 0 aromatic carbocycles. The van der Waals surface area contributed by atoms with Crippen LogP contribution in [-0.4, -0.2) is 12.7 Å². The molecule has 70 valence electrons. The molecule has 0 aliphatic heterocycles. The fourth-order valence-electron chi connectivity index (χ4n) is 0.219. The van der Waals surface area contributed by atoms with Crippen molar-refractivity contribution in [2.24, 2.45) is 5.28 Å². The van der Waals surface area contributed by atoms with Crippen molar-refractivity contribution in [2.75, 3.05) is 0 Å². The molecule has 0 N–H and O–H groups in total. The van der Waals surface area contributed by atoms with Gasteiger partial charge in [-0.05, 0) is 5.53 Å². The van der Waals surface area contributed by atoms with E-state index in [-0.39, 0.29) is 0 Å². The Bertz CT molecular complexity index is 195. The molecule has 0 aliphatic carbocycles. The van der Waals surface area contributed by atoms with Crippen LogP contribution in [0.4, 0.5) is 22.0 Å². The highest BCUT2D eigenvalue weighted by Gasteiger charge is 2.47. The van der Waals surface area contributed by atoms with Gasteiger partial charge in [-0.3, -0.25) is 0 Å². The zero-order valence-electron chi connectivity index (χ0n) is 5.05. The van der Waals surface area contributed by atoms with E-state index in [4.69, 9.17) is 5.53 Å². The first-order chi connectivity index (χ1) is 5.27. The van der Waals surface area contributed by atoms with Crippen molar-refractivity contribution in [2.45, 2.75) is 12.7 Å². The number of halogens is 5. The van der Waals surface area contributed by atoms with Crippen LogP contribution < -0.4 is 0 Å². The van der Waals surface area contributed by atoms with Crippen molar-refractivity contribution < 1.29 is 31.5 Å². The Hall–Kier alpha value is -1.28. The van der Waals surface area contributed by atoms with Gasteiger partial charge in [0, 0.05) is 4.91 Å². The molecule has 0 saturated carbocycles. The lowest BCUT2D eigenvalue weighted by molar-refractivity contribution is -0.498. The topological polar surface area (TPSA) is 67.2 Å². The first-order valence-corrected chi connectivity index (χ1v) is 2.14. The standard InChI is InChI=1S/C2F5N3O2/c3-1(4,5)11-2(6,7)12-10-9-8. The van der Waals surface area contributed by atoms with Gasteiger partial charge < -0.3 is 4.84 Å². The predicted molar refractivity (Wildman–Crippen MR) is 22.3 cm³/mol. The molecule has 0 spiro atoms. The van der Waals surface area contributed by atoms with Crippen LogP contribution in [0.3, 0.4) is 0 Å². The molecular weight excluding hydrogens is 193 g/mol. The minimum absolute atomic E-state index is 1.63. The summed E-state index contributed by atoms with van der Waals surface area (Å²) >= 11 is 0. The predicted octanol–water partition coefficient (Wildman–Crippen LogP) is 2.31. The van der Waals surface area contributed by atoms with Gasteiger partial charge in [-0.2, -0.15) is 4.74 Å². The quantitative estimate of drug-likeness (QED) is 0.172. The van der Waals surface area contributed by atoms with E-state index in [2.05, 4.69) is 9.57 Å². The largest absolute Gasteiger partial charge is 0.548 e. The summed E-state index contributed by atoms with van der Waals surface area (Å²) in [5, 5.41) is 1.73. The lowest BCUT2D eigenvalue weighted by atomic mass is 11.2. The minimum Gasteiger partial charge on any atom is -0.342 e. The molecule has 12 heavy (non-hydrogen) atoms. The smallest absolute Gasteiger partial charge is 0.342 e. The first-order valence-electron chi connectivity index (χ1n) is 2.14. The summed E-state index contributed by atoms with van der Waals surface area (Å²) in [7, 11) is 0. The summed E-state index contributed by atoms with van der Waals surface area (Å²) in [5.74, 6) is 0. The van der Waals surface area contributed by atoms with E-state index in [0.717, 1.165) is 0 Å². The lowest BCUT2D eigenvalue weighted by Gasteiger charge is -2.14. The van der Waals surface area contributed by atoms with E-state index < -0.39 is 12.7 Å². The van der Waals surface area contributed by atoms with Crippen LogP contribution in [0.15, 0.2) is 5.28 Å². The molecule has 5 nitrogen and oxygen atoms in total. The van der Waals surface area contributed by atoms with Crippen LogP contribution in [-0.2, 0) is 9.57 Å². The lowest BCUT2D eigenvalue weighted by Crippen LogP contribution is -2.30. The molecule has 0 saturated heterocycles. The molecular formula is C2F5N3O2. The second-order valence-corrected chi connectivity index (χ2v) is 1.27. The maximum atomic E-state index is 11.7. The van der Waals surface area contributed by atoms with Crippen molar-refractivity contribution in [3.05, 3.63) is 10.4 Å². The molecule has 0 rings (SSSR count). The molecule has 0 aromatic rings. The number of nitrogens with zero attached hydrogens (tertiary/aromatic N) is 3. The number of ether oxygens (including phenoxy) is 1. The summed E-state index contributed by atoms with van der Waals surface area (Å²) in [6.07, 6.45) is -10.6. The van der Waals surface area contributed by atoms with Crippen LogP contribution in [0.25, 0.3) is 10.4 Å². The molecule has 0 heterocycles. The zero-order chi connectivity index (χ0) is 9.83. The van der Waals surface area contributed by atoms with Crippen molar-refractivity contribution in [1.29, 1.82) is 0 Å². The van der Waals surface area contributed by atoms with Gasteiger partial charge in [0.25, 0.3) is 0 Å². The fourth-order valence-corrected chi connectivity index (χ4v) is 0.219. The third kappa shape index (κ3) is 5.50. The van der Waals surface area contributed by atoms with E-state index in [1.54, 1.807) is 10.2 Å². The van der Waals surface area contributed by atoms with Gasteiger partial charge in [0.15, 0.2) is 0 Å².